The molecule has 0 amide bonds. The highest BCUT2D eigenvalue weighted by Gasteiger charge is 2.32. The van der Waals surface area contributed by atoms with E-state index in [2.05, 4.69) is 39.5 Å². The lowest BCUT2D eigenvalue weighted by Crippen LogP contribution is -3.00. The number of halogens is 1. The highest BCUT2D eigenvalue weighted by molar-refractivity contribution is 7.48. The molecule has 0 N–H and O–H groups in total. The van der Waals surface area contributed by atoms with Gasteiger partial charge in [-0.3, -0.25) is 23.2 Å². The molecule has 2 atom stereocenters. The number of unbranched alkanes of at least 4 members (excludes halogenated alkanes) is 28. The van der Waals surface area contributed by atoms with Crippen molar-refractivity contribution in [3.63, 3.8) is 0 Å². The summed E-state index contributed by atoms with van der Waals surface area (Å²) in [5.41, 5.74) is 0. The second kappa shape index (κ2) is 46.3. The van der Waals surface area contributed by atoms with Crippen LogP contribution in [-0.2, 0) is 37.2 Å². The van der Waals surface area contributed by atoms with Crippen LogP contribution in [0.2, 0.25) is 0 Å². The first kappa shape index (κ1) is 62.9. The summed E-state index contributed by atoms with van der Waals surface area (Å²) in [7, 11) is -4.10. The largest absolute Gasteiger partial charge is 1.00 e. The zero-order valence-electron chi connectivity index (χ0n) is 41.1. The Labute approximate surface area is 389 Å². The van der Waals surface area contributed by atoms with E-state index >= 15 is 0 Å². The zero-order chi connectivity index (χ0) is 45.0. The Bertz CT molecular complexity index is 1080. The van der Waals surface area contributed by atoms with Gasteiger partial charge in [-0.2, -0.15) is 0 Å². The summed E-state index contributed by atoms with van der Waals surface area (Å²) >= 11 is 0. The fraction of sp³-hybridized carbons (Fsp3) is 0.940. The minimum Gasteiger partial charge on any atom is -1.00 e. The van der Waals surface area contributed by atoms with Crippen LogP contribution < -0.4 is 12.4 Å². The molecular weight excluding hydrogens is 823 g/mol. The molecule has 10 nitrogen and oxygen atoms in total. The first-order chi connectivity index (χ1) is 29.7. The Morgan fingerprint density at radius 2 is 0.855 bits per heavy atom. The van der Waals surface area contributed by atoms with Gasteiger partial charge in [-0.25, -0.2) is 11.1 Å². The number of phosphoric acid groups is 1. The maximum Gasteiger partial charge on any atom is 0.475 e. The first-order valence-electron chi connectivity index (χ1n) is 25.8. The van der Waals surface area contributed by atoms with Gasteiger partial charge in [0.1, 0.15) is 26.4 Å². The van der Waals surface area contributed by atoms with Crippen molar-refractivity contribution in [3.05, 3.63) is 11.4 Å². The second-order valence-electron chi connectivity index (χ2n) is 17.5. The summed E-state index contributed by atoms with van der Waals surface area (Å²) in [6.45, 7) is 20.9. The van der Waals surface area contributed by atoms with E-state index in [-0.39, 0.29) is 57.8 Å². The molecule has 12 heteroatoms. The van der Waals surface area contributed by atoms with Crippen molar-refractivity contribution >= 4 is 19.8 Å². The van der Waals surface area contributed by atoms with Crippen LogP contribution in [0, 0.1) is 6.57 Å². The molecule has 2 unspecified atom stereocenters. The summed E-state index contributed by atoms with van der Waals surface area (Å²) in [4.78, 5) is 29.0. The van der Waals surface area contributed by atoms with Gasteiger partial charge in [-0.1, -0.05) is 194 Å². The van der Waals surface area contributed by atoms with E-state index in [9.17, 15) is 14.2 Å². The van der Waals surface area contributed by atoms with Gasteiger partial charge < -0.3 is 31.2 Å². The van der Waals surface area contributed by atoms with Gasteiger partial charge in [0.25, 0.3) is 0 Å². The van der Waals surface area contributed by atoms with E-state index in [1.807, 2.05) is 0 Å². The van der Waals surface area contributed by atoms with E-state index in [4.69, 9.17) is 29.6 Å². The van der Waals surface area contributed by atoms with Gasteiger partial charge in [0.05, 0.1) is 26.2 Å². The Morgan fingerprint density at radius 3 is 1.23 bits per heavy atom. The maximum atomic E-state index is 13.7. The highest BCUT2D eigenvalue weighted by atomic mass is 35.5. The van der Waals surface area contributed by atoms with Gasteiger partial charge in [0.2, 0.25) is 6.54 Å². The van der Waals surface area contributed by atoms with Crippen LogP contribution in [0.25, 0.3) is 4.85 Å². The molecule has 0 rings (SSSR count). The van der Waals surface area contributed by atoms with Crippen molar-refractivity contribution in [2.45, 2.75) is 246 Å². The molecule has 0 fully saturated rings. The summed E-state index contributed by atoms with van der Waals surface area (Å²) in [5.74, 6) is -0.749. The predicted octanol–water partition coefficient (Wildman–Crippen LogP) is 11.9. The number of hydrogen-bond acceptors (Lipinski definition) is 8. The van der Waals surface area contributed by atoms with Crippen LogP contribution in [0.1, 0.15) is 240 Å². The summed E-state index contributed by atoms with van der Waals surface area (Å²) in [6, 6.07) is 0. The molecule has 0 aliphatic heterocycles. The normalized spacial score (nSPS) is 13.0. The van der Waals surface area contributed by atoms with Gasteiger partial charge in [0.15, 0.2) is 6.10 Å². The quantitative estimate of drug-likeness (QED) is 0.0196. The van der Waals surface area contributed by atoms with Crippen LogP contribution in [0.15, 0.2) is 0 Å². The Hall–Kier alpha value is -1.21. The van der Waals surface area contributed by atoms with Crippen LogP contribution in [0.4, 0.5) is 0 Å². The third-order valence-electron chi connectivity index (χ3n) is 12.4. The fourth-order valence-corrected chi connectivity index (χ4v) is 9.06. The van der Waals surface area contributed by atoms with Gasteiger partial charge in [0, 0.05) is 12.8 Å². The lowest BCUT2D eigenvalue weighted by atomic mass is 10.0. The van der Waals surface area contributed by atoms with E-state index in [1.165, 1.54) is 154 Å². The van der Waals surface area contributed by atoms with Crippen molar-refractivity contribution in [1.82, 2.24) is 0 Å². The number of likely N-dealkylation sites (N-methyl/N-ethyl adjacent to an activating group) is 1. The van der Waals surface area contributed by atoms with Crippen LogP contribution in [-0.4, -0.2) is 81.7 Å². The molecule has 0 aliphatic carbocycles. The third kappa shape index (κ3) is 39.2. The number of nitrogens with zero attached hydrogens (tertiary/aromatic N) is 2. The average molecular weight is 922 g/mol. The number of esters is 2. The molecule has 0 saturated carbocycles. The lowest BCUT2D eigenvalue weighted by Gasteiger charge is -2.35. The number of phosphoric ester groups is 1. The SMILES string of the molecule is [C-]#[N+]CCOP(=O)(OCC[N+](CC)(CC)CC)OCC(COC(=O)CCCCCCCCCCCCCCCCC)OC(=O)CCCCCCCCCCCCCCCCC.[Cl-]. The van der Waals surface area contributed by atoms with Crippen LogP contribution >= 0.6 is 7.82 Å². The molecule has 0 spiro atoms. The predicted molar refractivity (Wildman–Crippen MR) is 254 cm³/mol. The minimum absolute atomic E-state index is 0. The molecule has 0 saturated heterocycles. The number of ether oxygens (including phenoxy) is 2. The molecule has 0 aromatic carbocycles. The maximum absolute atomic E-state index is 13.7. The van der Waals surface area contributed by atoms with Crippen LogP contribution in [0.3, 0.4) is 0 Å². The van der Waals surface area contributed by atoms with Crippen molar-refractivity contribution in [3.8, 4) is 0 Å². The Kier molecular flexibility index (Phi) is 47.0. The fourth-order valence-electron chi connectivity index (χ4n) is 7.88. The number of carbonyl (C=O) groups is 2. The molecule has 62 heavy (non-hydrogen) atoms. The molecule has 0 radical (unpaired) electrons. The number of hydrogen-bond donors (Lipinski definition) is 0. The smallest absolute Gasteiger partial charge is 0.475 e. The first-order valence-corrected chi connectivity index (χ1v) is 27.3. The molecule has 0 aromatic rings. The molecule has 0 bridgehead atoms. The Balaban J connectivity index is 0. The van der Waals surface area contributed by atoms with Crippen molar-refractivity contribution in [1.29, 1.82) is 0 Å². The van der Waals surface area contributed by atoms with Crippen molar-refractivity contribution < 1.29 is 54.1 Å². The zero-order valence-corrected chi connectivity index (χ0v) is 42.7. The van der Waals surface area contributed by atoms with Gasteiger partial charge >= 0.3 is 19.8 Å². The molecule has 0 heterocycles. The standard InChI is InChI=1S/C50H98N2O8P.ClH/c1-7-12-14-16-18-20-22-24-26-28-30-32-34-36-38-40-49(53)56-46-48(47-59-61(55,57-44-42-51-6)58-45-43-52(9-3,10-4)11-5)60-50(54)41-39-37-35-33-31-29-27-25-23-21-19-17-15-13-8-2;/h48H,7-47H2,1-5H3;1H/q+1;/p-1. The third-order valence-corrected chi connectivity index (χ3v) is 13.9. The van der Waals surface area contributed by atoms with E-state index in [1.54, 1.807) is 0 Å². The summed E-state index contributed by atoms with van der Waals surface area (Å²) in [6.07, 6.45) is 37.1. The number of rotatable bonds is 48. The average Bonchev–Trinajstić information content (AvgIpc) is 3.26. The minimum atomic E-state index is -4.10. The molecular formula is C50H98ClN2O8P. The van der Waals surface area contributed by atoms with E-state index in [0.717, 1.165) is 62.6 Å². The number of quaternary nitrogens is 1. The van der Waals surface area contributed by atoms with Gasteiger partial charge in [-0.15, -0.1) is 0 Å². The topological polar surface area (TPSA) is 102 Å². The van der Waals surface area contributed by atoms with Crippen LogP contribution in [0.5, 0.6) is 0 Å². The summed E-state index contributed by atoms with van der Waals surface area (Å²) < 4.78 is 42.9. The van der Waals surface area contributed by atoms with Gasteiger partial charge in [-0.05, 0) is 33.6 Å². The Morgan fingerprint density at radius 1 is 0.500 bits per heavy atom. The second-order valence-corrected chi connectivity index (χ2v) is 19.2. The number of carbonyl (C=O) groups excluding carboxylic acids is 2. The molecule has 368 valence electrons. The summed E-state index contributed by atoms with van der Waals surface area (Å²) in [5, 5.41) is 0. The molecule has 0 aliphatic rings. The van der Waals surface area contributed by atoms with Crippen molar-refractivity contribution in [2.24, 2.45) is 0 Å². The van der Waals surface area contributed by atoms with E-state index in [0.29, 0.717) is 13.0 Å². The van der Waals surface area contributed by atoms with E-state index < -0.39 is 19.9 Å². The molecule has 0 aromatic heterocycles. The highest BCUT2D eigenvalue weighted by Crippen LogP contribution is 2.49. The lowest BCUT2D eigenvalue weighted by molar-refractivity contribution is -0.923. The van der Waals surface area contributed by atoms with Crippen molar-refractivity contribution in [2.75, 3.05) is 59.2 Å². The monoisotopic (exact) mass is 921 g/mol.